The van der Waals surface area contributed by atoms with Crippen LogP contribution in [0.1, 0.15) is 45.6 Å². The largest absolute Gasteiger partial charge is 0.497 e. The van der Waals surface area contributed by atoms with E-state index >= 15 is 0 Å². The van der Waals surface area contributed by atoms with Crippen LogP contribution in [0, 0.1) is 0 Å². The summed E-state index contributed by atoms with van der Waals surface area (Å²) in [6.45, 7) is 8.76. The molecule has 0 aliphatic heterocycles. The van der Waals surface area contributed by atoms with Crippen molar-refractivity contribution in [1.29, 1.82) is 0 Å². The maximum absolute atomic E-state index is 12.9. The van der Waals surface area contributed by atoms with Gasteiger partial charge in [-0.25, -0.2) is 0 Å². The van der Waals surface area contributed by atoms with E-state index in [1.54, 1.807) is 31.4 Å². The van der Waals surface area contributed by atoms with Crippen molar-refractivity contribution in [2.24, 2.45) is 0 Å². The van der Waals surface area contributed by atoms with Gasteiger partial charge in [-0.2, -0.15) is 0 Å². The standard InChI is InChI=1S/C24H33N3O3/c1-6-17(3)21-10-8-9-11-22(21)26-24(29)18(4)27(7-2)16-23(28)25-19-12-14-20(30-5)15-13-19/h8-15,17-18H,6-7,16H2,1-5H3,(H,25,28)(H,26,29)/t17-,18+/m0/s1. The fourth-order valence-electron chi connectivity index (χ4n) is 3.25. The Hall–Kier alpha value is -2.86. The van der Waals surface area contributed by atoms with Gasteiger partial charge in [0.25, 0.3) is 0 Å². The van der Waals surface area contributed by atoms with Crippen LogP contribution in [0.25, 0.3) is 0 Å². The Morgan fingerprint density at radius 2 is 1.67 bits per heavy atom. The lowest BCUT2D eigenvalue weighted by molar-refractivity contribution is -0.123. The number of amides is 2. The quantitative estimate of drug-likeness (QED) is 0.604. The lowest BCUT2D eigenvalue weighted by Gasteiger charge is -2.27. The summed E-state index contributed by atoms with van der Waals surface area (Å²) in [6.07, 6.45) is 0.995. The topological polar surface area (TPSA) is 70.7 Å². The Kier molecular flexibility index (Phi) is 8.87. The Bertz CT molecular complexity index is 836. The fourth-order valence-corrected chi connectivity index (χ4v) is 3.25. The van der Waals surface area contributed by atoms with Gasteiger partial charge in [-0.15, -0.1) is 0 Å². The lowest BCUT2D eigenvalue weighted by atomic mass is 9.97. The van der Waals surface area contributed by atoms with Crippen LogP contribution in [0.15, 0.2) is 48.5 Å². The van der Waals surface area contributed by atoms with Crippen LogP contribution >= 0.6 is 0 Å². The van der Waals surface area contributed by atoms with Crippen molar-refractivity contribution in [2.75, 3.05) is 30.8 Å². The van der Waals surface area contributed by atoms with Crippen LogP contribution in [0.3, 0.4) is 0 Å². The van der Waals surface area contributed by atoms with Crippen molar-refractivity contribution < 1.29 is 14.3 Å². The van der Waals surface area contributed by atoms with Crippen LogP contribution in [0.2, 0.25) is 0 Å². The normalized spacial score (nSPS) is 12.9. The van der Waals surface area contributed by atoms with Crippen LogP contribution in [0.4, 0.5) is 11.4 Å². The van der Waals surface area contributed by atoms with Gasteiger partial charge in [0.05, 0.1) is 19.7 Å². The van der Waals surface area contributed by atoms with E-state index in [0.29, 0.717) is 18.2 Å². The number of nitrogens with zero attached hydrogens (tertiary/aromatic N) is 1. The predicted molar refractivity (Wildman–Crippen MR) is 122 cm³/mol. The third-order valence-corrected chi connectivity index (χ3v) is 5.42. The zero-order valence-electron chi connectivity index (χ0n) is 18.6. The number of hydrogen-bond donors (Lipinski definition) is 2. The minimum Gasteiger partial charge on any atom is -0.497 e. The minimum absolute atomic E-state index is 0.121. The third-order valence-electron chi connectivity index (χ3n) is 5.42. The van der Waals surface area contributed by atoms with E-state index in [-0.39, 0.29) is 18.4 Å². The molecule has 0 aliphatic carbocycles. The molecule has 0 saturated heterocycles. The molecule has 0 heterocycles. The first-order chi connectivity index (χ1) is 14.4. The van der Waals surface area contributed by atoms with Crippen LogP contribution in [-0.2, 0) is 9.59 Å². The van der Waals surface area contributed by atoms with E-state index in [1.807, 2.05) is 43.0 Å². The molecule has 162 valence electrons. The second kappa shape index (κ2) is 11.4. The average Bonchev–Trinajstić information content (AvgIpc) is 2.77. The van der Waals surface area contributed by atoms with Gasteiger partial charge in [-0.05, 0) is 61.7 Å². The van der Waals surface area contributed by atoms with E-state index in [1.165, 1.54) is 0 Å². The molecule has 0 aromatic heterocycles. The monoisotopic (exact) mass is 411 g/mol. The van der Waals surface area contributed by atoms with Crippen molar-refractivity contribution >= 4 is 23.2 Å². The highest BCUT2D eigenvalue weighted by Crippen LogP contribution is 2.26. The van der Waals surface area contributed by atoms with Crippen LogP contribution < -0.4 is 15.4 Å². The molecule has 2 amide bonds. The number of para-hydroxylation sites is 1. The Morgan fingerprint density at radius 3 is 2.27 bits per heavy atom. The SMILES string of the molecule is CC[C@H](C)c1ccccc1NC(=O)[C@@H](C)N(CC)CC(=O)Nc1ccc(OC)cc1. The molecule has 0 unspecified atom stereocenters. The summed E-state index contributed by atoms with van der Waals surface area (Å²) >= 11 is 0. The number of carbonyl (C=O) groups is 2. The molecular formula is C24H33N3O3. The number of anilines is 2. The van der Waals surface area contributed by atoms with Crippen LogP contribution in [0.5, 0.6) is 5.75 Å². The summed E-state index contributed by atoms with van der Waals surface area (Å²) in [5.74, 6) is 0.798. The smallest absolute Gasteiger partial charge is 0.241 e. The number of ether oxygens (including phenoxy) is 1. The highest BCUT2D eigenvalue weighted by molar-refractivity contribution is 5.96. The molecule has 2 aromatic carbocycles. The zero-order chi connectivity index (χ0) is 22.1. The molecule has 2 rings (SSSR count). The first-order valence-corrected chi connectivity index (χ1v) is 10.5. The summed E-state index contributed by atoms with van der Waals surface area (Å²) in [5.41, 5.74) is 2.65. The van der Waals surface area contributed by atoms with Crippen molar-refractivity contribution in [1.82, 2.24) is 4.90 Å². The van der Waals surface area contributed by atoms with E-state index < -0.39 is 6.04 Å². The van der Waals surface area contributed by atoms with E-state index in [0.717, 1.165) is 23.4 Å². The lowest BCUT2D eigenvalue weighted by Crippen LogP contribution is -2.45. The van der Waals surface area contributed by atoms with Gasteiger partial charge < -0.3 is 15.4 Å². The zero-order valence-corrected chi connectivity index (χ0v) is 18.6. The molecule has 6 nitrogen and oxygen atoms in total. The highest BCUT2D eigenvalue weighted by atomic mass is 16.5. The molecule has 6 heteroatoms. The van der Waals surface area contributed by atoms with Crippen molar-refractivity contribution in [3.63, 3.8) is 0 Å². The van der Waals surface area contributed by atoms with E-state index in [9.17, 15) is 9.59 Å². The highest BCUT2D eigenvalue weighted by Gasteiger charge is 2.23. The summed E-state index contributed by atoms with van der Waals surface area (Å²) in [6, 6.07) is 14.6. The number of hydrogen-bond acceptors (Lipinski definition) is 4. The fraction of sp³-hybridized carbons (Fsp3) is 0.417. The second-order valence-electron chi connectivity index (χ2n) is 7.40. The molecule has 2 atom stereocenters. The first kappa shape index (κ1) is 23.4. The number of likely N-dealkylation sites (N-methyl/N-ethyl adjacent to an activating group) is 1. The molecule has 30 heavy (non-hydrogen) atoms. The maximum Gasteiger partial charge on any atom is 0.241 e. The van der Waals surface area contributed by atoms with Gasteiger partial charge in [0.2, 0.25) is 11.8 Å². The number of carbonyl (C=O) groups excluding carboxylic acids is 2. The molecule has 2 N–H and O–H groups in total. The van der Waals surface area contributed by atoms with E-state index in [4.69, 9.17) is 4.74 Å². The molecule has 2 aromatic rings. The molecular weight excluding hydrogens is 378 g/mol. The summed E-state index contributed by atoms with van der Waals surface area (Å²) in [5, 5.41) is 5.92. The van der Waals surface area contributed by atoms with Gasteiger partial charge in [0, 0.05) is 11.4 Å². The van der Waals surface area contributed by atoms with Crippen molar-refractivity contribution in [3.05, 3.63) is 54.1 Å². The Morgan fingerprint density at radius 1 is 1.00 bits per heavy atom. The van der Waals surface area contributed by atoms with E-state index in [2.05, 4.69) is 24.5 Å². The maximum atomic E-state index is 12.9. The number of rotatable bonds is 10. The van der Waals surface area contributed by atoms with Gasteiger partial charge in [-0.3, -0.25) is 14.5 Å². The molecule has 0 aliphatic rings. The first-order valence-electron chi connectivity index (χ1n) is 10.5. The summed E-state index contributed by atoms with van der Waals surface area (Å²) < 4.78 is 5.13. The number of nitrogens with one attached hydrogen (secondary N) is 2. The van der Waals surface area contributed by atoms with Gasteiger partial charge in [0.15, 0.2) is 0 Å². The summed E-state index contributed by atoms with van der Waals surface area (Å²) in [4.78, 5) is 27.2. The Labute approximate surface area is 179 Å². The second-order valence-corrected chi connectivity index (χ2v) is 7.40. The molecule has 0 bridgehead atoms. The van der Waals surface area contributed by atoms with Crippen molar-refractivity contribution in [3.8, 4) is 5.75 Å². The van der Waals surface area contributed by atoms with Gasteiger partial charge >= 0.3 is 0 Å². The number of benzene rings is 2. The van der Waals surface area contributed by atoms with Gasteiger partial charge in [-0.1, -0.05) is 39.0 Å². The predicted octanol–water partition coefficient (Wildman–Crippen LogP) is 4.50. The molecule has 0 saturated carbocycles. The van der Waals surface area contributed by atoms with Crippen molar-refractivity contribution in [2.45, 2.75) is 46.1 Å². The molecule has 0 spiro atoms. The summed E-state index contributed by atoms with van der Waals surface area (Å²) in [7, 11) is 1.60. The Balaban J connectivity index is 2.00. The number of methoxy groups -OCH3 is 1. The van der Waals surface area contributed by atoms with Gasteiger partial charge in [0.1, 0.15) is 5.75 Å². The molecule has 0 radical (unpaired) electrons. The minimum atomic E-state index is -0.443. The molecule has 0 fully saturated rings. The average molecular weight is 412 g/mol. The van der Waals surface area contributed by atoms with Crippen LogP contribution in [-0.4, -0.2) is 43.0 Å². The third kappa shape index (κ3) is 6.32.